The summed E-state index contributed by atoms with van der Waals surface area (Å²) >= 11 is 0. The maximum Gasteiger partial charge on any atom is 0.225 e. The van der Waals surface area contributed by atoms with E-state index >= 15 is 0 Å². The number of nitrogens with one attached hydrogen (secondary N) is 1. The first-order valence-electron chi connectivity index (χ1n) is 9.83. The lowest BCUT2D eigenvalue weighted by molar-refractivity contribution is -0.125. The van der Waals surface area contributed by atoms with Gasteiger partial charge in [0.05, 0.1) is 24.8 Å². The predicted molar refractivity (Wildman–Crippen MR) is 109 cm³/mol. The van der Waals surface area contributed by atoms with E-state index in [-0.39, 0.29) is 23.7 Å². The fourth-order valence-corrected chi connectivity index (χ4v) is 4.44. The summed E-state index contributed by atoms with van der Waals surface area (Å²) in [7, 11) is 1.66. The summed E-state index contributed by atoms with van der Waals surface area (Å²) in [6.07, 6.45) is 0.678. The van der Waals surface area contributed by atoms with Gasteiger partial charge in [-0.15, -0.1) is 0 Å². The molecule has 4 rings (SSSR count). The average Bonchev–Trinajstić information content (AvgIpc) is 2.73. The summed E-state index contributed by atoms with van der Waals surface area (Å²) < 4.78 is 19.8. The minimum Gasteiger partial charge on any atom is -0.497 e. The van der Waals surface area contributed by atoms with Crippen LogP contribution in [0, 0.1) is 11.7 Å². The number of ether oxygens (including phenoxy) is 1. The third-order valence-electron chi connectivity index (χ3n) is 5.81. The number of carbonyl (C=O) groups is 1. The second kappa shape index (κ2) is 7.70. The molecule has 5 nitrogen and oxygen atoms in total. The summed E-state index contributed by atoms with van der Waals surface area (Å²) in [5.74, 6) is 0.485. The summed E-state index contributed by atoms with van der Waals surface area (Å²) in [4.78, 5) is 17.2. The molecule has 1 amide bonds. The zero-order valence-corrected chi connectivity index (χ0v) is 16.3. The van der Waals surface area contributed by atoms with Gasteiger partial charge in [0.1, 0.15) is 11.6 Å². The minimum absolute atomic E-state index is 0.0143. The Balaban J connectivity index is 1.69. The van der Waals surface area contributed by atoms with Crippen molar-refractivity contribution in [1.29, 1.82) is 0 Å². The molecular weight excluding hydrogens is 357 g/mol. The van der Waals surface area contributed by atoms with E-state index in [0.717, 1.165) is 23.5 Å². The Bertz CT molecular complexity index is 873. The molecule has 0 spiro atoms. The molecule has 0 saturated carbocycles. The highest BCUT2D eigenvalue weighted by Gasteiger charge is 2.41. The molecular formula is C22H26FN3O2. The third kappa shape index (κ3) is 3.28. The molecule has 1 N–H and O–H groups in total. The number of fused-ring (bicyclic) bond motifs is 3. The van der Waals surface area contributed by atoms with Crippen LogP contribution in [0.25, 0.3) is 0 Å². The van der Waals surface area contributed by atoms with Gasteiger partial charge >= 0.3 is 0 Å². The molecule has 2 aromatic carbocycles. The fraction of sp³-hybridized carbons (Fsp3) is 0.409. The molecule has 2 unspecified atom stereocenters. The molecule has 2 aliphatic rings. The lowest BCUT2D eigenvalue weighted by atomic mass is 9.83. The molecule has 148 valence electrons. The van der Waals surface area contributed by atoms with Gasteiger partial charge in [-0.05, 0) is 37.1 Å². The van der Waals surface area contributed by atoms with Crippen LogP contribution in [0.15, 0.2) is 42.5 Å². The molecule has 2 atom stereocenters. The lowest BCUT2D eigenvalue weighted by Crippen LogP contribution is -2.61. The number of halogens is 1. The van der Waals surface area contributed by atoms with Crippen LogP contribution in [0.1, 0.15) is 12.5 Å². The predicted octanol–water partition coefficient (Wildman–Crippen LogP) is 2.84. The Morgan fingerprint density at radius 3 is 2.79 bits per heavy atom. The Labute approximate surface area is 165 Å². The van der Waals surface area contributed by atoms with Gasteiger partial charge in [-0.3, -0.25) is 4.79 Å². The Morgan fingerprint density at radius 1 is 1.21 bits per heavy atom. The lowest BCUT2D eigenvalue weighted by Gasteiger charge is -2.49. The maximum absolute atomic E-state index is 14.4. The van der Waals surface area contributed by atoms with Crippen molar-refractivity contribution in [3.63, 3.8) is 0 Å². The van der Waals surface area contributed by atoms with Crippen LogP contribution in [0.2, 0.25) is 0 Å². The molecule has 0 radical (unpaired) electrons. The Morgan fingerprint density at radius 2 is 2.04 bits per heavy atom. The van der Waals surface area contributed by atoms with E-state index in [2.05, 4.69) is 27.2 Å². The van der Waals surface area contributed by atoms with Crippen LogP contribution in [0.5, 0.6) is 5.75 Å². The fourth-order valence-electron chi connectivity index (χ4n) is 4.44. The second-order valence-electron chi connectivity index (χ2n) is 7.36. The number of anilines is 2. The third-order valence-corrected chi connectivity index (χ3v) is 5.81. The number of piperazine rings is 1. The molecule has 6 heteroatoms. The van der Waals surface area contributed by atoms with Crippen molar-refractivity contribution in [1.82, 2.24) is 5.32 Å². The number of nitrogens with zero attached hydrogens (tertiary/aromatic N) is 2. The van der Waals surface area contributed by atoms with E-state index in [0.29, 0.717) is 31.7 Å². The van der Waals surface area contributed by atoms with Gasteiger partial charge in [0.2, 0.25) is 5.91 Å². The van der Waals surface area contributed by atoms with Crippen LogP contribution in [-0.2, 0) is 11.2 Å². The van der Waals surface area contributed by atoms with Gasteiger partial charge in [0, 0.05) is 37.9 Å². The van der Waals surface area contributed by atoms with Crippen LogP contribution in [0.4, 0.5) is 15.8 Å². The summed E-state index contributed by atoms with van der Waals surface area (Å²) in [5.41, 5.74) is 2.89. The van der Waals surface area contributed by atoms with Crippen molar-refractivity contribution in [2.24, 2.45) is 5.92 Å². The van der Waals surface area contributed by atoms with Crippen LogP contribution >= 0.6 is 0 Å². The first-order valence-corrected chi connectivity index (χ1v) is 9.83. The number of para-hydroxylation sites is 1. The highest BCUT2D eigenvalue weighted by atomic mass is 19.1. The van der Waals surface area contributed by atoms with Crippen molar-refractivity contribution in [3.05, 3.63) is 53.8 Å². The number of carbonyl (C=O) groups excluding carboxylic acids is 1. The standard InChI is InChI=1S/C22H26FN3O2/c1-3-24-22(27)17-12-15-8-9-16(28-2)13-20(15)26-11-10-25(14-21(17)26)19-7-5-4-6-18(19)23/h4-9,13,17,21H,3,10-12,14H2,1-2H3,(H,24,27). The number of methoxy groups -OCH3 is 1. The Hall–Kier alpha value is -2.76. The maximum atomic E-state index is 14.4. The van der Waals surface area contributed by atoms with Gasteiger partial charge in [-0.25, -0.2) is 4.39 Å². The van der Waals surface area contributed by atoms with Crippen LogP contribution in [-0.4, -0.2) is 45.2 Å². The van der Waals surface area contributed by atoms with Crippen molar-refractivity contribution in [2.75, 3.05) is 43.1 Å². The largest absolute Gasteiger partial charge is 0.497 e. The molecule has 28 heavy (non-hydrogen) atoms. The van der Waals surface area contributed by atoms with E-state index in [4.69, 9.17) is 4.74 Å². The minimum atomic E-state index is -0.219. The van der Waals surface area contributed by atoms with Crippen molar-refractivity contribution >= 4 is 17.3 Å². The average molecular weight is 383 g/mol. The van der Waals surface area contributed by atoms with Gasteiger partial charge in [-0.2, -0.15) is 0 Å². The molecule has 2 aromatic rings. The number of hydrogen-bond donors (Lipinski definition) is 1. The zero-order valence-electron chi connectivity index (χ0n) is 16.3. The highest BCUT2D eigenvalue weighted by molar-refractivity contribution is 5.82. The normalized spacial score (nSPS) is 21.0. The van der Waals surface area contributed by atoms with E-state index < -0.39 is 0 Å². The zero-order chi connectivity index (χ0) is 19.7. The highest BCUT2D eigenvalue weighted by Crippen LogP contribution is 2.39. The Kier molecular flexibility index (Phi) is 5.11. The quantitative estimate of drug-likeness (QED) is 0.882. The van der Waals surface area contributed by atoms with Crippen molar-refractivity contribution in [2.45, 2.75) is 19.4 Å². The van der Waals surface area contributed by atoms with Crippen LogP contribution in [0.3, 0.4) is 0 Å². The van der Waals surface area contributed by atoms with E-state index in [1.165, 1.54) is 6.07 Å². The summed E-state index contributed by atoms with van der Waals surface area (Å²) in [6, 6.07) is 12.9. The number of benzene rings is 2. The molecule has 0 aromatic heterocycles. The van der Waals surface area contributed by atoms with Crippen molar-refractivity contribution < 1.29 is 13.9 Å². The van der Waals surface area contributed by atoms with E-state index in [9.17, 15) is 9.18 Å². The van der Waals surface area contributed by atoms with Crippen LogP contribution < -0.4 is 19.9 Å². The van der Waals surface area contributed by atoms with E-state index in [1.807, 2.05) is 25.1 Å². The molecule has 2 heterocycles. The SMILES string of the molecule is CCNC(=O)C1Cc2ccc(OC)cc2N2CCN(c3ccccc3F)CC12. The molecule has 0 bridgehead atoms. The molecule has 0 aliphatic carbocycles. The summed E-state index contributed by atoms with van der Waals surface area (Å²) in [5, 5.41) is 2.98. The summed E-state index contributed by atoms with van der Waals surface area (Å²) in [6.45, 7) is 4.59. The topological polar surface area (TPSA) is 44.8 Å². The number of hydrogen-bond acceptors (Lipinski definition) is 4. The smallest absolute Gasteiger partial charge is 0.225 e. The number of rotatable bonds is 4. The molecule has 1 saturated heterocycles. The first-order chi connectivity index (χ1) is 13.6. The van der Waals surface area contributed by atoms with E-state index in [1.54, 1.807) is 13.2 Å². The molecule has 2 aliphatic heterocycles. The van der Waals surface area contributed by atoms with Gasteiger partial charge in [-0.1, -0.05) is 18.2 Å². The second-order valence-corrected chi connectivity index (χ2v) is 7.36. The number of amides is 1. The monoisotopic (exact) mass is 383 g/mol. The molecule has 1 fully saturated rings. The van der Waals surface area contributed by atoms with Gasteiger partial charge in [0.15, 0.2) is 0 Å². The van der Waals surface area contributed by atoms with Gasteiger partial charge < -0.3 is 19.9 Å². The first kappa shape index (κ1) is 18.6. The van der Waals surface area contributed by atoms with Crippen molar-refractivity contribution in [3.8, 4) is 5.75 Å². The van der Waals surface area contributed by atoms with Gasteiger partial charge in [0.25, 0.3) is 0 Å².